The first-order valence-corrected chi connectivity index (χ1v) is 15.3. The Morgan fingerprint density at radius 2 is 1.44 bits per heavy atom. The van der Waals surface area contributed by atoms with Gasteiger partial charge in [-0.2, -0.15) is 0 Å². The van der Waals surface area contributed by atoms with E-state index in [9.17, 15) is 9.59 Å². The van der Waals surface area contributed by atoms with Gasteiger partial charge in [0.05, 0.1) is 51.4 Å². The Morgan fingerprint density at radius 1 is 0.778 bits per heavy atom. The Kier molecular flexibility index (Phi) is 11.9. The summed E-state index contributed by atoms with van der Waals surface area (Å²) in [6, 6.07) is 18.0. The fourth-order valence-electron chi connectivity index (χ4n) is 5.12. The lowest BCUT2D eigenvalue weighted by atomic mass is 10.0. The monoisotopic (exact) mass is 639 g/mol. The van der Waals surface area contributed by atoms with Crippen molar-refractivity contribution in [3.8, 4) is 23.0 Å². The first kappa shape index (κ1) is 32.5. The highest BCUT2D eigenvalue weighted by Gasteiger charge is 2.35. The molecule has 0 aromatic heterocycles. The van der Waals surface area contributed by atoms with Gasteiger partial charge in [0.2, 0.25) is 11.8 Å². The average molecular weight is 640 g/mol. The zero-order valence-electron chi connectivity index (χ0n) is 25.0. The molecule has 1 unspecified atom stereocenters. The van der Waals surface area contributed by atoms with Gasteiger partial charge in [0.25, 0.3) is 0 Å². The number of nitrogens with two attached hydrogens (primary N) is 1. The number of imide groups is 1. The molecule has 45 heavy (non-hydrogen) atoms. The maximum atomic E-state index is 12.3. The van der Waals surface area contributed by atoms with Crippen LogP contribution in [-0.2, 0) is 36.9 Å². The molecule has 0 spiro atoms. The standard InChI is InChI=1S/C33H38ClN3O8/c34-24-4-10-31(28(35)20-24)45-26-7-5-25(6-8-26)43-18-16-41-14-12-40-13-15-42-17-19-44-30-3-1-2-23-21-37(22-27(23)30)29-9-11-32(38)36-33(29)39/h1-8,10,20,29H,9,11-19,21-22,35H2,(H,36,38,39). The van der Waals surface area contributed by atoms with E-state index in [1.807, 2.05) is 24.3 Å². The first-order chi connectivity index (χ1) is 22.0. The van der Waals surface area contributed by atoms with Crippen molar-refractivity contribution in [2.45, 2.75) is 32.0 Å². The number of nitrogens with one attached hydrogen (secondary N) is 1. The summed E-state index contributed by atoms with van der Waals surface area (Å²) in [5.41, 5.74) is 8.62. The van der Waals surface area contributed by atoms with E-state index < -0.39 is 0 Å². The Morgan fingerprint density at radius 3 is 2.13 bits per heavy atom. The van der Waals surface area contributed by atoms with E-state index in [2.05, 4.69) is 16.3 Å². The van der Waals surface area contributed by atoms with Crippen LogP contribution in [0.3, 0.4) is 0 Å². The minimum atomic E-state index is -0.294. The molecule has 1 atom stereocenters. The van der Waals surface area contributed by atoms with Gasteiger partial charge in [-0.05, 0) is 60.5 Å². The largest absolute Gasteiger partial charge is 0.491 e. The van der Waals surface area contributed by atoms with Crippen LogP contribution in [0.4, 0.5) is 5.69 Å². The third-order valence-corrected chi connectivity index (χ3v) is 7.60. The van der Waals surface area contributed by atoms with Gasteiger partial charge < -0.3 is 34.2 Å². The van der Waals surface area contributed by atoms with E-state index >= 15 is 0 Å². The van der Waals surface area contributed by atoms with Crippen molar-refractivity contribution in [1.82, 2.24) is 10.2 Å². The number of hydrogen-bond acceptors (Lipinski definition) is 10. The SMILES string of the molecule is Nc1cc(Cl)ccc1Oc1ccc(OCCOCCOCCOCCOc2cccc3c2CN(C2CCC(=O)NC2=O)C3)cc1. The second-order valence-electron chi connectivity index (χ2n) is 10.6. The van der Waals surface area contributed by atoms with Gasteiger partial charge in [-0.3, -0.25) is 19.8 Å². The number of piperidine rings is 1. The van der Waals surface area contributed by atoms with Gasteiger partial charge in [0.1, 0.15) is 36.2 Å². The van der Waals surface area contributed by atoms with Crippen LogP contribution < -0.4 is 25.3 Å². The van der Waals surface area contributed by atoms with E-state index in [0.29, 0.717) is 107 Å². The zero-order chi connectivity index (χ0) is 31.4. The topological polar surface area (TPSA) is 131 Å². The highest BCUT2D eigenvalue weighted by Crippen LogP contribution is 2.34. The zero-order valence-corrected chi connectivity index (χ0v) is 25.8. The van der Waals surface area contributed by atoms with Crippen molar-refractivity contribution < 1.29 is 38.0 Å². The summed E-state index contributed by atoms with van der Waals surface area (Å²) in [5.74, 6) is 2.27. The fraction of sp³-hybridized carbons (Fsp3) is 0.394. The number of carbonyl (C=O) groups excluding carboxylic acids is 2. The molecule has 2 amide bonds. The van der Waals surface area contributed by atoms with E-state index in [-0.39, 0.29) is 17.9 Å². The quantitative estimate of drug-likeness (QED) is 0.125. The van der Waals surface area contributed by atoms with Gasteiger partial charge >= 0.3 is 0 Å². The van der Waals surface area contributed by atoms with Crippen molar-refractivity contribution in [2.24, 2.45) is 0 Å². The van der Waals surface area contributed by atoms with Gasteiger partial charge in [-0.15, -0.1) is 0 Å². The molecule has 12 heteroatoms. The molecule has 1 fully saturated rings. The minimum Gasteiger partial charge on any atom is -0.491 e. The van der Waals surface area contributed by atoms with E-state index in [1.54, 1.807) is 30.3 Å². The second-order valence-corrected chi connectivity index (χ2v) is 11.0. The average Bonchev–Trinajstić information content (AvgIpc) is 3.46. The molecule has 5 rings (SSSR count). The highest BCUT2D eigenvalue weighted by molar-refractivity contribution is 6.30. The van der Waals surface area contributed by atoms with Crippen LogP contribution in [0.5, 0.6) is 23.0 Å². The number of anilines is 1. The van der Waals surface area contributed by atoms with Crippen LogP contribution in [0.15, 0.2) is 60.7 Å². The highest BCUT2D eigenvalue weighted by atomic mass is 35.5. The van der Waals surface area contributed by atoms with Crippen LogP contribution in [0, 0.1) is 0 Å². The molecule has 3 N–H and O–H groups in total. The number of ether oxygens (including phenoxy) is 6. The van der Waals surface area contributed by atoms with E-state index in [4.69, 9.17) is 45.8 Å². The molecule has 11 nitrogen and oxygen atoms in total. The lowest BCUT2D eigenvalue weighted by molar-refractivity contribution is -0.137. The summed E-state index contributed by atoms with van der Waals surface area (Å²) < 4.78 is 34.2. The molecule has 0 radical (unpaired) electrons. The Balaban J connectivity index is 0.865. The van der Waals surface area contributed by atoms with Crippen molar-refractivity contribution in [3.63, 3.8) is 0 Å². The first-order valence-electron chi connectivity index (χ1n) is 15.0. The van der Waals surface area contributed by atoms with Gasteiger partial charge in [0.15, 0.2) is 0 Å². The predicted molar refractivity (Wildman–Crippen MR) is 168 cm³/mol. The number of hydrogen-bond donors (Lipinski definition) is 2. The number of halogens is 1. The summed E-state index contributed by atoms with van der Waals surface area (Å²) in [4.78, 5) is 25.9. The molecule has 0 bridgehead atoms. The Bertz CT molecular complexity index is 1440. The number of benzene rings is 3. The van der Waals surface area contributed by atoms with Crippen LogP contribution in [0.2, 0.25) is 5.02 Å². The van der Waals surface area contributed by atoms with Crippen molar-refractivity contribution in [3.05, 3.63) is 76.8 Å². The normalized spacial score (nSPS) is 16.3. The smallest absolute Gasteiger partial charge is 0.243 e. The number of nitrogens with zero attached hydrogens (tertiary/aromatic N) is 1. The third-order valence-electron chi connectivity index (χ3n) is 7.36. The van der Waals surface area contributed by atoms with Crippen molar-refractivity contribution >= 4 is 29.1 Å². The molecule has 2 heterocycles. The predicted octanol–water partition coefficient (Wildman–Crippen LogP) is 4.34. The van der Waals surface area contributed by atoms with Crippen LogP contribution in [0.1, 0.15) is 24.0 Å². The van der Waals surface area contributed by atoms with E-state index in [1.165, 1.54) is 0 Å². The molecule has 0 saturated carbocycles. The summed E-state index contributed by atoms with van der Waals surface area (Å²) >= 11 is 5.92. The van der Waals surface area contributed by atoms with Crippen LogP contribution >= 0.6 is 11.6 Å². The number of nitrogen functional groups attached to an aromatic ring is 1. The van der Waals surface area contributed by atoms with E-state index in [0.717, 1.165) is 16.9 Å². The molecule has 240 valence electrons. The van der Waals surface area contributed by atoms with Crippen molar-refractivity contribution in [2.75, 3.05) is 58.6 Å². The third kappa shape index (κ3) is 9.56. The number of rotatable bonds is 17. The number of fused-ring (bicyclic) bond motifs is 1. The van der Waals surface area contributed by atoms with Gasteiger partial charge in [-0.25, -0.2) is 0 Å². The summed E-state index contributed by atoms with van der Waals surface area (Å²) in [5, 5.41) is 3.00. The summed E-state index contributed by atoms with van der Waals surface area (Å²) in [6.07, 6.45) is 0.911. The summed E-state index contributed by atoms with van der Waals surface area (Å²) in [6.45, 7) is 4.78. The number of amides is 2. The molecule has 2 aliphatic heterocycles. The maximum Gasteiger partial charge on any atom is 0.243 e. The van der Waals surface area contributed by atoms with Crippen LogP contribution in [-0.4, -0.2) is 75.6 Å². The van der Waals surface area contributed by atoms with Crippen molar-refractivity contribution in [1.29, 1.82) is 0 Å². The molecule has 3 aromatic carbocycles. The van der Waals surface area contributed by atoms with Gasteiger partial charge in [0, 0.05) is 30.1 Å². The Hall–Kier alpha value is -3.87. The molecule has 0 aliphatic carbocycles. The summed E-state index contributed by atoms with van der Waals surface area (Å²) in [7, 11) is 0. The number of carbonyl (C=O) groups is 2. The molecule has 2 aliphatic rings. The molecule has 3 aromatic rings. The molecule has 1 saturated heterocycles. The van der Waals surface area contributed by atoms with Gasteiger partial charge in [-0.1, -0.05) is 23.7 Å². The molecular formula is C33H38ClN3O8. The van der Waals surface area contributed by atoms with Crippen LogP contribution in [0.25, 0.3) is 0 Å². The maximum absolute atomic E-state index is 12.3. The lowest BCUT2D eigenvalue weighted by Gasteiger charge is -2.29. The molecular weight excluding hydrogens is 602 g/mol. The minimum absolute atomic E-state index is 0.203. The lowest BCUT2D eigenvalue weighted by Crippen LogP contribution is -2.50. The second kappa shape index (κ2) is 16.4. The fourth-order valence-corrected chi connectivity index (χ4v) is 5.30. The Labute approximate surface area is 267 Å².